The van der Waals surface area contributed by atoms with E-state index in [1.54, 1.807) is 23.0 Å². The van der Waals surface area contributed by atoms with Crippen LogP contribution >= 0.6 is 0 Å². The van der Waals surface area contributed by atoms with E-state index in [2.05, 4.69) is 20.6 Å². The van der Waals surface area contributed by atoms with Gasteiger partial charge in [-0.25, -0.2) is 0 Å². The highest BCUT2D eigenvalue weighted by Crippen LogP contribution is 2.35. The van der Waals surface area contributed by atoms with Crippen LogP contribution in [0.3, 0.4) is 0 Å². The Kier molecular flexibility index (Phi) is 4.26. The number of aromatic nitrogens is 4. The van der Waals surface area contributed by atoms with Gasteiger partial charge < -0.3 is 19.3 Å². The third-order valence-corrected chi connectivity index (χ3v) is 3.98. The van der Waals surface area contributed by atoms with E-state index < -0.39 is 0 Å². The van der Waals surface area contributed by atoms with E-state index in [9.17, 15) is 4.79 Å². The molecule has 2 aromatic heterocycles. The Morgan fingerprint density at radius 3 is 3.08 bits per heavy atom. The monoisotopic (exact) mass is 355 g/mol. The predicted molar refractivity (Wildman–Crippen MR) is 89.1 cm³/mol. The lowest BCUT2D eigenvalue weighted by Crippen LogP contribution is -2.31. The summed E-state index contributed by atoms with van der Waals surface area (Å²) in [5, 5.41) is 10.8. The van der Waals surface area contributed by atoms with Crippen LogP contribution in [0.4, 0.5) is 0 Å². The van der Waals surface area contributed by atoms with E-state index in [0.29, 0.717) is 29.8 Å². The summed E-state index contributed by atoms with van der Waals surface area (Å²) in [6, 6.07) is 7.21. The number of nitrogens with one attached hydrogen (secondary N) is 1. The Hall–Kier alpha value is -3.36. The topological polar surface area (TPSA) is 104 Å². The first-order chi connectivity index (χ1) is 12.7. The molecule has 134 valence electrons. The fourth-order valence-corrected chi connectivity index (χ4v) is 2.58. The van der Waals surface area contributed by atoms with Crippen molar-refractivity contribution in [2.45, 2.75) is 20.0 Å². The van der Waals surface area contributed by atoms with Gasteiger partial charge in [-0.1, -0.05) is 12.1 Å². The molecule has 0 spiro atoms. The number of ether oxygens (including phenoxy) is 2. The summed E-state index contributed by atoms with van der Waals surface area (Å²) in [4.78, 5) is 16.5. The lowest BCUT2D eigenvalue weighted by Gasteiger charge is -2.10. The summed E-state index contributed by atoms with van der Waals surface area (Å²) >= 11 is 0. The van der Waals surface area contributed by atoms with Gasteiger partial charge in [0.25, 0.3) is 5.89 Å². The molecule has 0 bridgehead atoms. The Labute approximate surface area is 148 Å². The molecule has 1 atom stereocenters. The van der Waals surface area contributed by atoms with Crippen molar-refractivity contribution in [2.75, 3.05) is 6.79 Å². The van der Waals surface area contributed by atoms with Crippen molar-refractivity contribution in [1.29, 1.82) is 0 Å². The van der Waals surface area contributed by atoms with E-state index in [1.165, 1.54) is 0 Å². The van der Waals surface area contributed by atoms with Crippen molar-refractivity contribution in [1.82, 2.24) is 25.2 Å². The number of rotatable bonds is 6. The smallest absolute Gasteiger partial charge is 0.258 e. The minimum Gasteiger partial charge on any atom is -0.454 e. The van der Waals surface area contributed by atoms with Crippen LogP contribution in [0, 0.1) is 5.92 Å². The van der Waals surface area contributed by atoms with Gasteiger partial charge in [0, 0.05) is 18.0 Å². The average Bonchev–Trinajstić information content (AvgIpc) is 3.39. The molecule has 0 saturated carbocycles. The highest BCUT2D eigenvalue weighted by Gasteiger charge is 2.18. The van der Waals surface area contributed by atoms with Crippen LogP contribution in [0.5, 0.6) is 11.5 Å². The molecular weight excluding hydrogens is 338 g/mol. The molecule has 26 heavy (non-hydrogen) atoms. The van der Waals surface area contributed by atoms with Crippen LogP contribution in [0.25, 0.3) is 11.5 Å². The number of nitrogens with zero attached hydrogens (tertiary/aromatic N) is 4. The fourth-order valence-electron chi connectivity index (χ4n) is 2.58. The van der Waals surface area contributed by atoms with Crippen molar-refractivity contribution < 1.29 is 18.8 Å². The highest BCUT2D eigenvalue weighted by atomic mass is 16.7. The van der Waals surface area contributed by atoms with Gasteiger partial charge in [0.2, 0.25) is 12.7 Å². The van der Waals surface area contributed by atoms with Crippen molar-refractivity contribution in [3.8, 4) is 23.0 Å². The Bertz CT molecular complexity index is 906. The molecule has 0 aliphatic carbocycles. The maximum atomic E-state index is 12.2. The number of hydrogen-bond donors (Lipinski definition) is 1. The molecule has 9 nitrogen and oxygen atoms in total. The van der Waals surface area contributed by atoms with Gasteiger partial charge in [0.15, 0.2) is 17.3 Å². The van der Waals surface area contributed by atoms with Crippen molar-refractivity contribution in [3.05, 3.63) is 42.5 Å². The second-order valence-electron chi connectivity index (χ2n) is 5.93. The third kappa shape index (κ3) is 3.37. The van der Waals surface area contributed by atoms with E-state index >= 15 is 0 Å². The normalized spacial score (nSPS) is 13.6. The maximum Gasteiger partial charge on any atom is 0.258 e. The van der Waals surface area contributed by atoms with Crippen LogP contribution in [-0.2, 0) is 17.9 Å². The number of benzene rings is 1. The maximum absolute atomic E-state index is 12.2. The van der Waals surface area contributed by atoms with Gasteiger partial charge >= 0.3 is 0 Å². The van der Waals surface area contributed by atoms with Crippen molar-refractivity contribution >= 4 is 5.91 Å². The molecule has 4 rings (SSSR count). The van der Waals surface area contributed by atoms with Crippen LogP contribution in [0.15, 0.2) is 41.2 Å². The molecule has 0 fully saturated rings. The first-order valence-electron chi connectivity index (χ1n) is 8.17. The molecule has 0 unspecified atom stereocenters. The average molecular weight is 355 g/mol. The molecule has 0 saturated heterocycles. The molecule has 0 radical (unpaired) electrons. The first kappa shape index (κ1) is 16.1. The summed E-state index contributed by atoms with van der Waals surface area (Å²) in [6.45, 7) is 2.74. The molecule has 1 aliphatic rings. The molecule has 9 heteroatoms. The number of carbonyl (C=O) groups excluding carboxylic acids is 1. The third-order valence-electron chi connectivity index (χ3n) is 3.98. The summed E-state index contributed by atoms with van der Waals surface area (Å²) in [5.74, 6) is 1.76. The number of hydrogen-bond acceptors (Lipinski definition) is 7. The minimum atomic E-state index is -0.227. The second-order valence-corrected chi connectivity index (χ2v) is 5.93. The molecule has 3 aromatic rings. The van der Waals surface area contributed by atoms with Crippen molar-refractivity contribution in [3.63, 3.8) is 0 Å². The van der Waals surface area contributed by atoms with E-state index in [-0.39, 0.29) is 25.2 Å². The summed E-state index contributed by atoms with van der Waals surface area (Å²) in [5.41, 5.74) is 0.728. The number of amides is 1. The molecular formula is C17H17N5O4. The quantitative estimate of drug-likeness (QED) is 0.716. The van der Waals surface area contributed by atoms with Gasteiger partial charge in [-0.15, -0.1) is 0 Å². The standard InChI is InChI=1S/C17H17N5O4/c1-11(9-22-6-2-5-19-22)16(23)18-8-15-20-17(26-21-15)12-3-4-13-14(7-12)25-10-24-13/h2-7,11H,8-10H2,1H3,(H,18,23)/t11-/m0/s1. The van der Waals surface area contributed by atoms with Crippen LogP contribution in [-0.4, -0.2) is 32.6 Å². The lowest BCUT2D eigenvalue weighted by molar-refractivity contribution is -0.125. The first-order valence-corrected chi connectivity index (χ1v) is 8.17. The summed E-state index contributed by atoms with van der Waals surface area (Å²) in [7, 11) is 0. The van der Waals surface area contributed by atoms with Gasteiger partial charge in [-0.3, -0.25) is 9.48 Å². The zero-order valence-electron chi connectivity index (χ0n) is 14.1. The van der Waals surface area contributed by atoms with E-state index in [1.807, 2.05) is 25.3 Å². The summed E-state index contributed by atoms with van der Waals surface area (Å²) < 4.78 is 17.6. The molecule has 3 heterocycles. The molecule has 1 amide bonds. The molecule has 1 aliphatic heterocycles. The Morgan fingerprint density at radius 1 is 1.35 bits per heavy atom. The van der Waals surface area contributed by atoms with Gasteiger partial charge in [-0.2, -0.15) is 10.1 Å². The fraction of sp³-hybridized carbons (Fsp3) is 0.294. The van der Waals surface area contributed by atoms with Crippen LogP contribution in [0.1, 0.15) is 12.7 Å². The molecule has 1 aromatic carbocycles. The van der Waals surface area contributed by atoms with Gasteiger partial charge in [0.05, 0.1) is 19.0 Å². The largest absolute Gasteiger partial charge is 0.454 e. The predicted octanol–water partition coefficient (Wildman–Crippen LogP) is 1.61. The lowest BCUT2D eigenvalue weighted by atomic mass is 10.1. The zero-order valence-corrected chi connectivity index (χ0v) is 14.1. The Balaban J connectivity index is 1.35. The zero-order chi connectivity index (χ0) is 17.9. The molecule has 1 N–H and O–H groups in total. The van der Waals surface area contributed by atoms with Gasteiger partial charge in [-0.05, 0) is 24.3 Å². The van der Waals surface area contributed by atoms with E-state index in [0.717, 1.165) is 5.56 Å². The highest BCUT2D eigenvalue weighted by molar-refractivity contribution is 5.78. The summed E-state index contributed by atoms with van der Waals surface area (Å²) in [6.07, 6.45) is 3.50. The number of carbonyl (C=O) groups is 1. The van der Waals surface area contributed by atoms with E-state index in [4.69, 9.17) is 14.0 Å². The number of fused-ring (bicyclic) bond motifs is 1. The van der Waals surface area contributed by atoms with Crippen LogP contribution in [0.2, 0.25) is 0 Å². The van der Waals surface area contributed by atoms with Gasteiger partial charge in [0.1, 0.15) is 0 Å². The van der Waals surface area contributed by atoms with Crippen LogP contribution < -0.4 is 14.8 Å². The Morgan fingerprint density at radius 2 is 2.23 bits per heavy atom. The minimum absolute atomic E-state index is 0.102. The second kappa shape index (κ2) is 6.87. The SMILES string of the molecule is C[C@@H](Cn1cccn1)C(=O)NCc1noc(-c2ccc3c(c2)OCO3)n1. The van der Waals surface area contributed by atoms with Crippen molar-refractivity contribution in [2.24, 2.45) is 5.92 Å².